The third-order valence-electron chi connectivity index (χ3n) is 2.05. The van der Waals surface area contributed by atoms with E-state index >= 15 is 0 Å². The van der Waals surface area contributed by atoms with Crippen molar-refractivity contribution in [2.45, 2.75) is 0 Å². The first-order chi connectivity index (χ1) is 8.06. The van der Waals surface area contributed by atoms with E-state index in [0.717, 1.165) is 0 Å². The Morgan fingerprint density at radius 3 is 2.59 bits per heavy atom. The Kier molecular flexibility index (Phi) is 4.71. The molecule has 0 bridgehead atoms. The van der Waals surface area contributed by atoms with Crippen LogP contribution in [0.3, 0.4) is 0 Å². The Bertz CT molecular complexity index is 435. The topological polar surface area (TPSA) is 73.6 Å². The SMILES string of the molecule is CNC(=O)COc1cc(OC)cc(C(N)=S)c1. The van der Waals surface area contributed by atoms with Gasteiger partial charge in [0, 0.05) is 18.7 Å². The van der Waals surface area contributed by atoms with Gasteiger partial charge in [-0.3, -0.25) is 4.79 Å². The van der Waals surface area contributed by atoms with Crippen LogP contribution < -0.4 is 20.5 Å². The summed E-state index contributed by atoms with van der Waals surface area (Å²) in [4.78, 5) is 11.3. The fourth-order valence-electron chi connectivity index (χ4n) is 1.14. The Morgan fingerprint density at radius 2 is 2.06 bits per heavy atom. The lowest BCUT2D eigenvalue weighted by molar-refractivity contribution is -0.122. The van der Waals surface area contributed by atoms with Crippen LogP contribution in [-0.4, -0.2) is 31.7 Å². The van der Waals surface area contributed by atoms with Crippen LogP contribution in [0.1, 0.15) is 5.56 Å². The highest BCUT2D eigenvalue weighted by molar-refractivity contribution is 7.80. The number of rotatable bonds is 5. The molecule has 1 rings (SSSR count). The molecule has 1 aromatic carbocycles. The number of carbonyl (C=O) groups is 1. The molecule has 0 spiro atoms. The summed E-state index contributed by atoms with van der Waals surface area (Å²) in [6.07, 6.45) is 0. The van der Waals surface area contributed by atoms with Crippen molar-refractivity contribution >= 4 is 23.1 Å². The lowest BCUT2D eigenvalue weighted by Gasteiger charge is -2.09. The molecule has 0 heterocycles. The Balaban J connectivity index is 2.87. The predicted octanol–water partition coefficient (Wildman–Crippen LogP) is 0.454. The molecule has 92 valence electrons. The highest BCUT2D eigenvalue weighted by Crippen LogP contribution is 2.22. The molecule has 0 radical (unpaired) electrons. The molecule has 6 heteroatoms. The first kappa shape index (κ1) is 13.2. The molecule has 5 nitrogen and oxygen atoms in total. The first-order valence-corrected chi connectivity index (χ1v) is 5.30. The molecule has 0 unspecified atom stereocenters. The van der Waals surface area contributed by atoms with E-state index in [1.54, 1.807) is 18.2 Å². The van der Waals surface area contributed by atoms with Gasteiger partial charge in [0.25, 0.3) is 5.91 Å². The van der Waals surface area contributed by atoms with Crippen molar-refractivity contribution < 1.29 is 14.3 Å². The predicted molar refractivity (Wildman–Crippen MR) is 68.4 cm³/mol. The highest BCUT2D eigenvalue weighted by Gasteiger charge is 2.06. The van der Waals surface area contributed by atoms with E-state index in [1.807, 2.05) is 0 Å². The first-order valence-electron chi connectivity index (χ1n) is 4.89. The molecule has 0 saturated carbocycles. The second kappa shape index (κ2) is 6.05. The number of methoxy groups -OCH3 is 1. The van der Waals surface area contributed by atoms with Crippen molar-refractivity contribution in [2.24, 2.45) is 5.73 Å². The standard InChI is InChI=1S/C11H14N2O3S/c1-13-10(14)6-16-9-4-7(11(12)17)3-8(5-9)15-2/h3-5H,6H2,1-2H3,(H2,12,17)(H,13,14). The molecule has 0 aromatic heterocycles. The zero-order valence-electron chi connectivity index (χ0n) is 9.65. The minimum absolute atomic E-state index is 0.0690. The fourth-order valence-corrected chi connectivity index (χ4v) is 1.25. The molecule has 0 fully saturated rings. The number of nitrogens with one attached hydrogen (secondary N) is 1. The summed E-state index contributed by atoms with van der Waals surface area (Å²) in [7, 11) is 3.07. The normalized spacial score (nSPS) is 9.53. The maximum atomic E-state index is 11.0. The van der Waals surface area contributed by atoms with Crippen LogP contribution in [-0.2, 0) is 4.79 Å². The minimum Gasteiger partial charge on any atom is -0.497 e. The zero-order chi connectivity index (χ0) is 12.8. The molecular weight excluding hydrogens is 240 g/mol. The number of carbonyl (C=O) groups excluding carboxylic acids is 1. The van der Waals surface area contributed by atoms with E-state index in [1.165, 1.54) is 14.2 Å². The number of ether oxygens (including phenoxy) is 2. The monoisotopic (exact) mass is 254 g/mol. The number of hydrogen-bond acceptors (Lipinski definition) is 4. The quantitative estimate of drug-likeness (QED) is 0.747. The van der Waals surface area contributed by atoms with Crippen LogP contribution >= 0.6 is 12.2 Å². The molecular formula is C11H14N2O3S. The summed E-state index contributed by atoms with van der Waals surface area (Å²) < 4.78 is 10.4. The lowest BCUT2D eigenvalue weighted by atomic mass is 10.2. The second-order valence-electron chi connectivity index (χ2n) is 3.22. The molecule has 0 aliphatic heterocycles. The number of benzene rings is 1. The average Bonchev–Trinajstić information content (AvgIpc) is 2.35. The van der Waals surface area contributed by atoms with Gasteiger partial charge in [-0.05, 0) is 12.1 Å². The van der Waals surface area contributed by atoms with Gasteiger partial charge in [0.2, 0.25) is 0 Å². The maximum absolute atomic E-state index is 11.0. The summed E-state index contributed by atoms with van der Waals surface area (Å²) in [5, 5.41) is 2.46. The number of thiocarbonyl (C=S) groups is 1. The van der Waals surface area contributed by atoms with Crippen LogP contribution in [0.2, 0.25) is 0 Å². The number of likely N-dealkylation sites (N-methyl/N-ethyl adjacent to an activating group) is 1. The highest BCUT2D eigenvalue weighted by atomic mass is 32.1. The molecule has 0 saturated heterocycles. The largest absolute Gasteiger partial charge is 0.497 e. The summed E-state index contributed by atoms with van der Waals surface area (Å²) in [6.45, 7) is -0.0690. The minimum atomic E-state index is -0.218. The van der Waals surface area contributed by atoms with Crippen molar-refractivity contribution in [2.75, 3.05) is 20.8 Å². The van der Waals surface area contributed by atoms with Gasteiger partial charge in [-0.1, -0.05) is 12.2 Å². The van der Waals surface area contributed by atoms with E-state index < -0.39 is 0 Å². The third kappa shape index (κ3) is 3.92. The summed E-state index contributed by atoms with van der Waals surface area (Å²) in [5.74, 6) is 0.836. The van der Waals surface area contributed by atoms with Crippen LogP contribution in [0.5, 0.6) is 11.5 Å². The second-order valence-corrected chi connectivity index (χ2v) is 3.66. The van der Waals surface area contributed by atoms with Crippen molar-refractivity contribution in [3.8, 4) is 11.5 Å². The zero-order valence-corrected chi connectivity index (χ0v) is 10.5. The smallest absolute Gasteiger partial charge is 0.257 e. The van der Waals surface area contributed by atoms with E-state index in [2.05, 4.69) is 5.32 Å². The van der Waals surface area contributed by atoms with Gasteiger partial charge in [-0.2, -0.15) is 0 Å². The number of nitrogens with two attached hydrogens (primary N) is 1. The van der Waals surface area contributed by atoms with Gasteiger partial charge in [-0.15, -0.1) is 0 Å². The van der Waals surface area contributed by atoms with Gasteiger partial charge >= 0.3 is 0 Å². The molecule has 0 aliphatic carbocycles. The maximum Gasteiger partial charge on any atom is 0.257 e. The molecule has 1 aromatic rings. The third-order valence-corrected chi connectivity index (χ3v) is 2.28. The van der Waals surface area contributed by atoms with Gasteiger partial charge in [0.15, 0.2) is 6.61 Å². The van der Waals surface area contributed by atoms with Crippen LogP contribution in [0.25, 0.3) is 0 Å². The van der Waals surface area contributed by atoms with Crippen molar-refractivity contribution in [3.05, 3.63) is 23.8 Å². The van der Waals surface area contributed by atoms with Gasteiger partial charge in [0.05, 0.1) is 7.11 Å². The van der Waals surface area contributed by atoms with Crippen LogP contribution in [0, 0.1) is 0 Å². The van der Waals surface area contributed by atoms with Crippen molar-refractivity contribution in [1.82, 2.24) is 5.32 Å². The Hall–Kier alpha value is -1.82. The summed E-state index contributed by atoms with van der Waals surface area (Å²) >= 11 is 4.88. The molecule has 1 amide bonds. The fraction of sp³-hybridized carbons (Fsp3) is 0.273. The van der Waals surface area contributed by atoms with Crippen LogP contribution in [0.15, 0.2) is 18.2 Å². The molecule has 0 atom stereocenters. The molecule has 17 heavy (non-hydrogen) atoms. The molecule has 0 aliphatic rings. The Morgan fingerprint density at radius 1 is 1.41 bits per heavy atom. The number of amides is 1. The molecule has 3 N–H and O–H groups in total. The lowest BCUT2D eigenvalue weighted by Crippen LogP contribution is -2.24. The summed E-state index contributed by atoms with van der Waals surface area (Å²) in [6, 6.07) is 5.02. The Labute approximate surface area is 105 Å². The van der Waals surface area contributed by atoms with Gasteiger partial charge in [-0.25, -0.2) is 0 Å². The van der Waals surface area contributed by atoms with Gasteiger partial charge in [0.1, 0.15) is 16.5 Å². The van der Waals surface area contributed by atoms with Crippen LogP contribution in [0.4, 0.5) is 0 Å². The van der Waals surface area contributed by atoms with E-state index in [9.17, 15) is 4.79 Å². The van der Waals surface area contributed by atoms with Crippen molar-refractivity contribution in [1.29, 1.82) is 0 Å². The van der Waals surface area contributed by atoms with E-state index in [4.69, 9.17) is 27.4 Å². The van der Waals surface area contributed by atoms with E-state index in [-0.39, 0.29) is 17.5 Å². The summed E-state index contributed by atoms with van der Waals surface area (Å²) in [5.41, 5.74) is 6.16. The van der Waals surface area contributed by atoms with Gasteiger partial charge < -0.3 is 20.5 Å². The average molecular weight is 254 g/mol. The van der Waals surface area contributed by atoms with E-state index in [0.29, 0.717) is 17.1 Å². The van der Waals surface area contributed by atoms with Crippen molar-refractivity contribution in [3.63, 3.8) is 0 Å². The number of hydrogen-bond donors (Lipinski definition) is 2.